The highest BCUT2D eigenvalue weighted by Crippen LogP contribution is 2.20. The third-order valence-corrected chi connectivity index (χ3v) is 3.08. The van der Waals surface area contributed by atoms with Crippen LogP contribution in [0.2, 0.25) is 0 Å². The van der Waals surface area contributed by atoms with E-state index in [0.717, 1.165) is 29.0 Å². The second-order valence-electron chi connectivity index (χ2n) is 4.72. The van der Waals surface area contributed by atoms with E-state index in [-0.39, 0.29) is 0 Å². The van der Waals surface area contributed by atoms with E-state index in [9.17, 15) is 0 Å². The van der Waals surface area contributed by atoms with Gasteiger partial charge in [-0.3, -0.25) is 10.1 Å². The number of pyridine rings is 1. The number of nitrogens with zero attached hydrogens (tertiary/aromatic N) is 4. The molecule has 0 saturated heterocycles. The first-order valence-electron chi connectivity index (χ1n) is 6.86. The summed E-state index contributed by atoms with van der Waals surface area (Å²) in [5.41, 5.74) is 2.82. The third kappa shape index (κ3) is 2.91. The van der Waals surface area contributed by atoms with Crippen molar-refractivity contribution in [2.45, 2.75) is 20.4 Å². The molecule has 0 radical (unpaired) electrons. The molecule has 0 unspecified atom stereocenters. The molecule has 0 aliphatic carbocycles. The zero-order valence-electron chi connectivity index (χ0n) is 12.0. The maximum absolute atomic E-state index is 4.48. The molecule has 7 heteroatoms. The fraction of sp³-hybridized carbons (Fsp3) is 0.286. The highest BCUT2D eigenvalue weighted by Gasteiger charge is 2.09. The molecule has 0 saturated carbocycles. The van der Waals surface area contributed by atoms with Gasteiger partial charge in [-0.05, 0) is 25.5 Å². The summed E-state index contributed by atoms with van der Waals surface area (Å²) in [6, 6.07) is 4.04. The molecule has 0 fully saturated rings. The fourth-order valence-corrected chi connectivity index (χ4v) is 2.00. The van der Waals surface area contributed by atoms with Gasteiger partial charge in [0, 0.05) is 25.0 Å². The van der Waals surface area contributed by atoms with Crippen LogP contribution in [0.15, 0.2) is 24.5 Å². The normalized spacial score (nSPS) is 10.8. The van der Waals surface area contributed by atoms with Crippen LogP contribution in [0.1, 0.15) is 18.2 Å². The number of aromatic amines is 1. The second-order valence-corrected chi connectivity index (χ2v) is 4.72. The Hall–Kier alpha value is -2.70. The molecule has 3 heterocycles. The van der Waals surface area contributed by atoms with Crippen molar-refractivity contribution in [2.24, 2.45) is 0 Å². The predicted molar refractivity (Wildman–Crippen MR) is 82.1 cm³/mol. The molecule has 0 atom stereocenters. The lowest BCUT2D eigenvalue weighted by atomic mass is 10.2. The lowest BCUT2D eigenvalue weighted by Crippen LogP contribution is -2.07. The van der Waals surface area contributed by atoms with E-state index in [1.807, 2.05) is 32.2 Å². The largest absolute Gasteiger partial charge is 0.365 e. The van der Waals surface area contributed by atoms with Crippen molar-refractivity contribution in [1.82, 2.24) is 25.1 Å². The molecule has 7 nitrogen and oxygen atoms in total. The van der Waals surface area contributed by atoms with E-state index in [0.29, 0.717) is 18.1 Å². The number of rotatable bonds is 5. The Morgan fingerprint density at radius 1 is 1.14 bits per heavy atom. The van der Waals surface area contributed by atoms with Gasteiger partial charge >= 0.3 is 0 Å². The van der Waals surface area contributed by atoms with Crippen molar-refractivity contribution >= 4 is 22.8 Å². The van der Waals surface area contributed by atoms with Gasteiger partial charge in [0.25, 0.3) is 0 Å². The first-order valence-corrected chi connectivity index (χ1v) is 6.86. The molecule has 0 spiro atoms. The summed E-state index contributed by atoms with van der Waals surface area (Å²) >= 11 is 0. The van der Waals surface area contributed by atoms with E-state index in [1.165, 1.54) is 0 Å². The van der Waals surface area contributed by atoms with Crippen molar-refractivity contribution in [2.75, 3.05) is 17.2 Å². The van der Waals surface area contributed by atoms with Crippen molar-refractivity contribution in [3.63, 3.8) is 0 Å². The van der Waals surface area contributed by atoms with Crippen LogP contribution in [-0.4, -0.2) is 31.7 Å². The van der Waals surface area contributed by atoms with E-state index >= 15 is 0 Å². The SMILES string of the molecule is CCNc1nc(NCc2ccc(C)nc2)c2cn[nH]c2n1. The van der Waals surface area contributed by atoms with Crippen LogP contribution in [0.25, 0.3) is 11.0 Å². The quantitative estimate of drug-likeness (QED) is 0.664. The molecular weight excluding hydrogens is 266 g/mol. The van der Waals surface area contributed by atoms with Gasteiger partial charge in [-0.15, -0.1) is 0 Å². The maximum Gasteiger partial charge on any atom is 0.226 e. The number of aromatic nitrogens is 5. The van der Waals surface area contributed by atoms with Gasteiger partial charge in [-0.25, -0.2) is 0 Å². The Balaban J connectivity index is 1.84. The summed E-state index contributed by atoms with van der Waals surface area (Å²) in [5.74, 6) is 1.34. The van der Waals surface area contributed by atoms with Gasteiger partial charge in [-0.2, -0.15) is 15.1 Å². The van der Waals surface area contributed by atoms with Gasteiger partial charge in [0.05, 0.1) is 11.6 Å². The lowest BCUT2D eigenvalue weighted by molar-refractivity contribution is 1.05. The molecule has 3 aromatic heterocycles. The smallest absolute Gasteiger partial charge is 0.226 e. The zero-order valence-corrected chi connectivity index (χ0v) is 12.0. The third-order valence-electron chi connectivity index (χ3n) is 3.08. The Labute approximate surface area is 122 Å². The minimum atomic E-state index is 0.582. The first kappa shape index (κ1) is 13.3. The van der Waals surface area contributed by atoms with E-state index in [2.05, 4.69) is 35.8 Å². The van der Waals surface area contributed by atoms with Gasteiger partial charge < -0.3 is 10.6 Å². The summed E-state index contributed by atoms with van der Waals surface area (Å²) in [6.45, 7) is 5.39. The number of hydrogen-bond acceptors (Lipinski definition) is 6. The highest BCUT2D eigenvalue weighted by atomic mass is 15.2. The Bertz CT molecular complexity index is 733. The highest BCUT2D eigenvalue weighted by molar-refractivity contribution is 5.86. The first-order chi connectivity index (χ1) is 10.3. The van der Waals surface area contributed by atoms with Gasteiger partial charge in [0.1, 0.15) is 5.82 Å². The van der Waals surface area contributed by atoms with Gasteiger partial charge in [0.15, 0.2) is 5.65 Å². The number of H-pyrrole nitrogens is 1. The zero-order chi connectivity index (χ0) is 14.7. The van der Waals surface area contributed by atoms with Gasteiger partial charge in [-0.1, -0.05) is 6.07 Å². The Kier molecular flexibility index (Phi) is 3.63. The molecular formula is C14H17N7. The average Bonchev–Trinajstić information content (AvgIpc) is 2.95. The molecule has 3 rings (SSSR count). The summed E-state index contributed by atoms with van der Waals surface area (Å²) < 4.78 is 0. The second kappa shape index (κ2) is 5.74. The minimum absolute atomic E-state index is 0.582. The molecule has 0 amide bonds. The number of fused-ring (bicyclic) bond motifs is 1. The van der Waals surface area contributed by atoms with E-state index in [1.54, 1.807) is 6.20 Å². The van der Waals surface area contributed by atoms with Crippen molar-refractivity contribution in [3.8, 4) is 0 Å². The topological polar surface area (TPSA) is 91.4 Å². The molecule has 0 bridgehead atoms. The van der Waals surface area contributed by atoms with Crippen LogP contribution < -0.4 is 10.6 Å². The van der Waals surface area contributed by atoms with Crippen LogP contribution >= 0.6 is 0 Å². The molecule has 21 heavy (non-hydrogen) atoms. The summed E-state index contributed by atoms with van der Waals surface area (Å²) in [7, 11) is 0. The number of hydrogen-bond donors (Lipinski definition) is 3. The lowest BCUT2D eigenvalue weighted by Gasteiger charge is -2.09. The monoisotopic (exact) mass is 283 g/mol. The molecule has 0 aliphatic heterocycles. The number of anilines is 2. The maximum atomic E-state index is 4.48. The molecule has 0 aliphatic rings. The van der Waals surface area contributed by atoms with Gasteiger partial charge in [0.2, 0.25) is 5.95 Å². The Morgan fingerprint density at radius 2 is 2.05 bits per heavy atom. The molecule has 3 aromatic rings. The van der Waals surface area contributed by atoms with Crippen molar-refractivity contribution in [1.29, 1.82) is 0 Å². The average molecular weight is 283 g/mol. The summed E-state index contributed by atoms with van der Waals surface area (Å²) in [5, 5.41) is 14.2. The van der Waals surface area contributed by atoms with Crippen LogP contribution in [0.5, 0.6) is 0 Å². The van der Waals surface area contributed by atoms with Crippen molar-refractivity contribution < 1.29 is 0 Å². The minimum Gasteiger partial charge on any atom is -0.365 e. The summed E-state index contributed by atoms with van der Waals surface area (Å²) in [4.78, 5) is 13.1. The molecule has 0 aromatic carbocycles. The Morgan fingerprint density at radius 3 is 2.81 bits per heavy atom. The van der Waals surface area contributed by atoms with Crippen molar-refractivity contribution in [3.05, 3.63) is 35.8 Å². The molecule has 108 valence electrons. The van der Waals surface area contributed by atoms with Crippen LogP contribution in [0.3, 0.4) is 0 Å². The standard InChI is InChI=1S/C14H17N7/c1-3-15-14-19-12(11-8-18-21-13(11)20-14)17-7-10-5-4-9(2)16-6-10/h4-6,8H,3,7H2,1-2H3,(H3,15,17,18,19,20,21). The van der Waals surface area contributed by atoms with E-state index < -0.39 is 0 Å². The predicted octanol–water partition coefficient (Wildman–Crippen LogP) is 2.10. The van der Waals surface area contributed by atoms with E-state index in [4.69, 9.17) is 0 Å². The number of nitrogens with one attached hydrogen (secondary N) is 3. The fourth-order valence-electron chi connectivity index (χ4n) is 2.00. The summed E-state index contributed by atoms with van der Waals surface area (Å²) in [6.07, 6.45) is 3.59. The van der Waals surface area contributed by atoms with Crippen LogP contribution in [-0.2, 0) is 6.54 Å². The molecule has 3 N–H and O–H groups in total. The van der Waals surface area contributed by atoms with Crippen LogP contribution in [0, 0.1) is 6.92 Å². The number of aryl methyl sites for hydroxylation is 1. The van der Waals surface area contributed by atoms with Crippen LogP contribution in [0.4, 0.5) is 11.8 Å².